The van der Waals surface area contributed by atoms with Gasteiger partial charge in [-0.2, -0.15) is 0 Å². The lowest BCUT2D eigenvalue weighted by molar-refractivity contribution is -0.137. The number of alkyl carbamates (subject to hydrolysis) is 1. The van der Waals surface area contributed by atoms with E-state index in [1.54, 1.807) is 5.38 Å². The van der Waals surface area contributed by atoms with Crippen molar-refractivity contribution in [2.45, 2.75) is 31.6 Å². The fourth-order valence-corrected chi connectivity index (χ4v) is 4.92. The van der Waals surface area contributed by atoms with E-state index < -0.39 is 12.1 Å². The van der Waals surface area contributed by atoms with E-state index in [1.807, 2.05) is 24.3 Å². The Labute approximate surface area is 207 Å². The Bertz CT molecular complexity index is 1160. The van der Waals surface area contributed by atoms with Crippen LogP contribution in [0.5, 0.6) is 0 Å². The lowest BCUT2D eigenvalue weighted by atomic mass is 9.98. The Morgan fingerprint density at radius 2 is 1.63 bits per heavy atom. The maximum Gasteiger partial charge on any atom is 0.407 e. The summed E-state index contributed by atoms with van der Waals surface area (Å²) in [7, 11) is 0. The number of carbonyl (C=O) groups excluding carboxylic acids is 2. The molecule has 1 aromatic heterocycles. The molecule has 1 heterocycles. The maximum atomic E-state index is 12.3. The number of fused-ring (bicyclic) bond motifs is 3. The zero-order valence-electron chi connectivity index (χ0n) is 19.2. The van der Waals surface area contributed by atoms with E-state index in [9.17, 15) is 14.4 Å². The lowest BCUT2D eigenvalue weighted by Crippen LogP contribution is -2.28. The van der Waals surface area contributed by atoms with Gasteiger partial charge in [0.1, 0.15) is 12.3 Å². The third kappa shape index (κ3) is 6.24. The fraction of sp³-hybridized carbons (Fsp3) is 0.308. The first-order valence-corrected chi connectivity index (χ1v) is 12.4. The molecule has 2 amide bonds. The number of aliphatic carboxylic acids is 1. The van der Waals surface area contributed by atoms with Crippen LogP contribution in [0.2, 0.25) is 0 Å². The highest BCUT2D eigenvalue weighted by molar-refractivity contribution is 7.09. The van der Waals surface area contributed by atoms with Gasteiger partial charge in [0.2, 0.25) is 0 Å². The van der Waals surface area contributed by atoms with Crippen molar-refractivity contribution in [1.82, 2.24) is 15.6 Å². The van der Waals surface area contributed by atoms with Crippen LogP contribution in [0.4, 0.5) is 4.79 Å². The highest BCUT2D eigenvalue weighted by Crippen LogP contribution is 2.44. The largest absolute Gasteiger partial charge is 0.481 e. The molecule has 1 aliphatic carbocycles. The zero-order chi connectivity index (χ0) is 24.6. The van der Waals surface area contributed by atoms with Gasteiger partial charge in [0.15, 0.2) is 0 Å². The van der Waals surface area contributed by atoms with Gasteiger partial charge < -0.3 is 20.5 Å². The summed E-state index contributed by atoms with van der Waals surface area (Å²) in [6.45, 7) is 1.01. The fourth-order valence-electron chi connectivity index (χ4n) is 4.14. The SMILES string of the molecule is O=C(O)CCCCNC(=O)c1csc(CCNC(=O)OCC2c3ccccc3-c3ccccc32)n1. The number of carboxylic acid groups (broad SMARTS) is 1. The Morgan fingerprint density at radius 1 is 0.943 bits per heavy atom. The van der Waals surface area contributed by atoms with E-state index in [0.717, 1.165) is 16.1 Å². The monoisotopic (exact) mass is 493 g/mol. The molecule has 4 rings (SSSR count). The summed E-state index contributed by atoms with van der Waals surface area (Å²) in [5, 5.41) is 16.5. The molecule has 0 spiro atoms. The normalized spacial score (nSPS) is 12.0. The van der Waals surface area contributed by atoms with E-state index in [0.29, 0.717) is 38.0 Å². The molecule has 2 aromatic carbocycles. The molecule has 9 heteroatoms. The second-order valence-electron chi connectivity index (χ2n) is 8.24. The number of hydrogen-bond donors (Lipinski definition) is 3. The van der Waals surface area contributed by atoms with Crippen LogP contribution in [0.1, 0.15) is 51.8 Å². The standard InChI is InChI=1S/C26H27N3O5S/c30-24(31)11-5-6-13-27-25(32)22-16-35-23(29-22)12-14-28-26(33)34-15-21-19-9-3-1-7-17(19)18-8-2-4-10-20(18)21/h1-4,7-10,16,21H,5-6,11-15H2,(H,27,32)(H,28,33)(H,30,31). The van der Waals surface area contributed by atoms with Gasteiger partial charge in [-0.05, 0) is 35.1 Å². The average Bonchev–Trinajstić information content (AvgIpc) is 3.45. The minimum atomic E-state index is -0.841. The number of nitrogens with zero attached hydrogens (tertiary/aromatic N) is 1. The quantitative estimate of drug-likeness (QED) is 0.345. The number of rotatable bonds is 11. The zero-order valence-corrected chi connectivity index (χ0v) is 20.0. The van der Waals surface area contributed by atoms with Crippen molar-refractivity contribution < 1.29 is 24.2 Å². The highest BCUT2D eigenvalue weighted by Gasteiger charge is 2.28. The molecule has 182 valence electrons. The second kappa shape index (κ2) is 11.6. The van der Waals surface area contributed by atoms with E-state index >= 15 is 0 Å². The Morgan fingerprint density at radius 3 is 2.31 bits per heavy atom. The summed E-state index contributed by atoms with van der Waals surface area (Å²) in [4.78, 5) is 39.3. The van der Waals surface area contributed by atoms with Crippen LogP contribution in [-0.4, -0.2) is 47.8 Å². The van der Waals surface area contributed by atoms with Gasteiger partial charge in [-0.15, -0.1) is 11.3 Å². The predicted octanol–water partition coefficient (Wildman–Crippen LogP) is 4.21. The first-order valence-electron chi connectivity index (χ1n) is 11.6. The van der Waals surface area contributed by atoms with E-state index in [2.05, 4.69) is 39.9 Å². The number of thiazole rings is 1. The van der Waals surface area contributed by atoms with Crippen LogP contribution in [0.3, 0.4) is 0 Å². The topological polar surface area (TPSA) is 118 Å². The van der Waals surface area contributed by atoms with Crippen LogP contribution in [0, 0.1) is 0 Å². The Hall–Kier alpha value is -3.72. The molecule has 0 saturated carbocycles. The number of aromatic nitrogens is 1. The van der Waals surface area contributed by atoms with Crippen LogP contribution in [0.15, 0.2) is 53.9 Å². The van der Waals surface area contributed by atoms with Gasteiger partial charge in [-0.25, -0.2) is 9.78 Å². The predicted molar refractivity (Wildman–Crippen MR) is 133 cm³/mol. The number of nitrogens with one attached hydrogen (secondary N) is 2. The minimum Gasteiger partial charge on any atom is -0.481 e. The van der Waals surface area contributed by atoms with Gasteiger partial charge in [-0.1, -0.05) is 48.5 Å². The second-order valence-corrected chi connectivity index (χ2v) is 9.18. The van der Waals surface area contributed by atoms with Crippen molar-refractivity contribution in [2.24, 2.45) is 0 Å². The summed E-state index contributed by atoms with van der Waals surface area (Å²) >= 11 is 1.35. The number of carboxylic acids is 1. The van der Waals surface area contributed by atoms with Crippen molar-refractivity contribution >= 4 is 29.3 Å². The maximum absolute atomic E-state index is 12.3. The molecule has 0 bridgehead atoms. The van der Waals surface area contributed by atoms with Crippen molar-refractivity contribution in [3.63, 3.8) is 0 Å². The first-order chi connectivity index (χ1) is 17.0. The van der Waals surface area contributed by atoms with Gasteiger partial charge in [0, 0.05) is 37.2 Å². The van der Waals surface area contributed by atoms with E-state index in [-0.39, 0.29) is 24.9 Å². The summed E-state index contributed by atoms with van der Waals surface area (Å²) < 4.78 is 5.53. The number of unbranched alkanes of at least 4 members (excludes halogenated alkanes) is 1. The molecule has 0 unspecified atom stereocenters. The van der Waals surface area contributed by atoms with E-state index in [4.69, 9.17) is 9.84 Å². The van der Waals surface area contributed by atoms with Gasteiger partial charge in [0.05, 0.1) is 5.01 Å². The van der Waals surface area contributed by atoms with Crippen molar-refractivity contribution in [3.05, 3.63) is 75.7 Å². The van der Waals surface area contributed by atoms with Crippen LogP contribution in [-0.2, 0) is 16.0 Å². The Kier molecular flexibility index (Phi) is 8.10. The summed E-state index contributed by atoms with van der Waals surface area (Å²) in [5.74, 6) is -1.11. The van der Waals surface area contributed by atoms with Crippen molar-refractivity contribution in [1.29, 1.82) is 0 Å². The third-order valence-electron chi connectivity index (χ3n) is 5.84. The van der Waals surface area contributed by atoms with Crippen molar-refractivity contribution in [3.8, 4) is 11.1 Å². The molecule has 0 saturated heterocycles. The smallest absolute Gasteiger partial charge is 0.407 e. The van der Waals surface area contributed by atoms with Gasteiger partial charge in [-0.3, -0.25) is 9.59 Å². The average molecular weight is 494 g/mol. The van der Waals surface area contributed by atoms with Gasteiger partial charge >= 0.3 is 12.1 Å². The summed E-state index contributed by atoms with van der Waals surface area (Å²) in [6.07, 6.45) is 1.20. The molecule has 8 nitrogen and oxygen atoms in total. The number of ether oxygens (including phenoxy) is 1. The molecule has 1 aliphatic rings. The molecule has 35 heavy (non-hydrogen) atoms. The Balaban J connectivity index is 1.19. The molecular formula is C26H27N3O5S. The molecule has 0 atom stereocenters. The van der Waals surface area contributed by atoms with Crippen molar-refractivity contribution in [2.75, 3.05) is 19.7 Å². The van der Waals surface area contributed by atoms with Crippen LogP contribution >= 0.6 is 11.3 Å². The molecule has 3 aromatic rings. The lowest BCUT2D eigenvalue weighted by Gasteiger charge is -2.14. The highest BCUT2D eigenvalue weighted by atomic mass is 32.1. The van der Waals surface area contributed by atoms with Crippen LogP contribution < -0.4 is 10.6 Å². The number of carbonyl (C=O) groups is 3. The number of benzene rings is 2. The molecule has 3 N–H and O–H groups in total. The minimum absolute atomic E-state index is 0.0114. The molecule has 0 radical (unpaired) electrons. The number of hydrogen-bond acceptors (Lipinski definition) is 6. The number of amides is 2. The molecular weight excluding hydrogens is 466 g/mol. The van der Waals surface area contributed by atoms with E-state index in [1.165, 1.54) is 22.5 Å². The summed E-state index contributed by atoms with van der Waals surface area (Å²) in [6, 6.07) is 16.4. The molecule has 0 aliphatic heterocycles. The van der Waals surface area contributed by atoms with Gasteiger partial charge in [0.25, 0.3) is 5.91 Å². The first kappa shape index (κ1) is 24.4. The molecule has 0 fully saturated rings. The van der Waals surface area contributed by atoms with Crippen LogP contribution in [0.25, 0.3) is 11.1 Å². The third-order valence-corrected chi connectivity index (χ3v) is 6.75. The summed E-state index contributed by atoms with van der Waals surface area (Å²) in [5.41, 5.74) is 5.01.